The second-order valence-corrected chi connectivity index (χ2v) is 7.12. The summed E-state index contributed by atoms with van der Waals surface area (Å²) in [4.78, 5) is 10.4. The molecule has 19 heavy (non-hydrogen) atoms. The number of sulfonamides is 1. The summed E-state index contributed by atoms with van der Waals surface area (Å²) in [5, 5.41) is 17.5. The van der Waals surface area contributed by atoms with E-state index in [9.17, 15) is 13.2 Å². The molecule has 0 heterocycles. The van der Waals surface area contributed by atoms with Crippen LogP contribution < -0.4 is 4.72 Å². The quantitative estimate of drug-likeness (QED) is 0.648. The zero-order chi connectivity index (χ0) is 14.6. The van der Waals surface area contributed by atoms with Crippen molar-refractivity contribution in [3.05, 3.63) is 27.1 Å². The van der Waals surface area contributed by atoms with Gasteiger partial charge in [0.1, 0.15) is 0 Å². The average Bonchev–Trinajstić information content (AvgIpc) is 2.31. The minimum atomic E-state index is -3.77. The number of rotatable bonds is 6. The molecule has 0 fully saturated rings. The van der Waals surface area contributed by atoms with Crippen molar-refractivity contribution in [1.29, 1.82) is 0 Å². The predicted octanol–water partition coefficient (Wildman–Crippen LogP) is 1.33. The normalized spacial score (nSPS) is 13.2. The van der Waals surface area contributed by atoms with Gasteiger partial charge in [0, 0.05) is 15.5 Å². The largest absolute Gasteiger partial charge is 0.479 e. The van der Waals surface area contributed by atoms with E-state index in [0.717, 1.165) is 0 Å². The van der Waals surface area contributed by atoms with Gasteiger partial charge in [-0.15, -0.1) is 0 Å². The molecule has 0 amide bonds. The van der Waals surface area contributed by atoms with Gasteiger partial charge in [-0.1, -0.05) is 15.9 Å². The van der Waals surface area contributed by atoms with E-state index in [4.69, 9.17) is 10.2 Å². The lowest BCUT2D eigenvalue weighted by atomic mass is 10.3. The van der Waals surface area contributed by atoms with Gasteiger partial charge in [0.05, 0.1) is 4.90 Å². The maximum absolute atomic E-state index is 12.0. The molecule has 1 rings (SSSR count). The molecule has 0 saturated heterocycles. The molecule has 6 nitrogen and oxygen atoms in total. The number of hydrogen-bond donors (Lipinski definition) is 3. The van der Waals surface area contributed by atoms with Gasteiger partial charge in [0.15, 0.2) is 6.10 Å². The van der Waals surface area contributed by atoms with E-state index in [2.05, 4.69) is 36.6 Å². The number of halogens is 2. The zero-order valence-corrected chi connectivity index (χ0v) is 13.5. The van der Waals surface area contributed by atoms with Crippen LogP contribution in [0.1, 0.15) is 6.42 Å². The third kappa shape index (κ3) is 4.84. The minimum Gasteiger partial charge on any atom is -0.479 e. The van der Waals surface area contributed by atoms with Gasteiger partial charge in [-0.05, 0) is 40.5 Å². The highest BCUT2D eigenvalue weighted by Crippen LogP contribution is 2.25. The third-order valence-corrected chi connectivity index (χ3v) is 5.13. The van der Waals surface area contributed by atoms with Crippen LogP contribution in [0.15, 0.2) is 32.0 Å². The Morgan fingerprint density at radius 3 is 2.58 bits per heavy atom. The van der Waals surface area contributed by atoms with Crippen LogP contribution in [0.25, 0.3) is 0 Å². The number of carboxylic acids is 1. The smallest absolute Gasteiger partial charge is 0.332 e. The maximum Gasteiger partial charge on any atom is 0.332 e. The van der Waals surface area contributed by atoms with E-state index < -0.39 is 22.1 Å². The van der Waals surface area contributed by atoms with Gasteiger partial charge in [-0.2, -0.15) is 0 Å². The van der Waals surface area contributed by atoms with E-state index in [0.29, 0.717) is 8.95 Å². The lowest BCUT2D eigenvalue weighted by Gasteiger charge is -2.10. The minimum absolute atomic E-state index is 0.0340. The van der Waals surface area contributed by atoms with Crippen molar-refractivity contribution in [2.75, 3.05) is 6.54 Å². The third-order valence-electron chi connectivity index (χ3n) is 2.18. The van der Waals surface area contributed by atoms with E-state index in [1.165, 1.54) is 6.07 Å². The van der Waals surface area contributed by atoms with Crippen LogP contribution >= 0.6 is 31.9 Å². The molecule has 1 aromatic carbocycles. The Hall–Kier alpha value is -0.480. The molecule has 9 heteroatoms. The monoisotopic (exact) mass is 415 g/mol. The molecule has 0 aliphatic rings. The summed E-state index contributed by atoms with van der Waals surface area (Å²) in [5.41, 5.74) is 0. The fourth-order valence-corrected chi connectivity index (χ4v) is 3.76. The van der Waals surface area contributed by atoms with Crippen LogP contribution in [-0.4, -0.2) is 37.2 Å². The Balaban J connectivity index is 2.76. The Labute approximate surface area is 127 Å². The zero-order valence-electron chi connectivity index (χ0n) is 9.51. The number of carbonyl (C=O) groups is 1. The number of aliphatic hydroxyl groups is 1. The van der Waals surface area contributed by atoms with Gasteiger partial charge in [-0.3, -0.25) is 0 Å². The highest BCUT2D eigenvalue weighted by atomic mass is 79.9. The van der Waals surface area contributed by atoms with E-state index in [1.54, 1.807) is 12.1 Å². The van der Waals surface area contributed by atoms with Crippen molar-refractivity contribution in [3.63, 3.8) is 0 Å². The van der Waals surface area contributed by atoms with Crippen LogP contribution in [0.3, 0.4) is 0 Å². The highest BCUT2D eigenvalue weighted by molar-refractivity contribution is 9.11. The molecule has 3 N–H and O–H groups in total. The SMILES string of the molecule is O=C(O)C(O)CCNS(=O)(=O)c1cc(Br)ccc1Br. The molecule has 106 valence electrons. The van der Waals surface area contributed by atoms with Crippen molar-refractivity contribution < 1.29 is 23.4 Å². The second kappa shape index (κ2) is 6.80. The molecule has 0 bridgehead atoms. The summed E-state index contributed by atoms with van der Waals surface area (Å²) in [6.07, 6.45) is -1.80. The first-order valence-corrected chi connectivity index (χ1v) is 8.16. The van der Waals surface area contributed by atoms with Crippen LogP contribution in [-0.2, 0) is 14.8 Å². The van der Waals surface area contributed by atoms with E-state index in [1.807, 2.05) is 0 Å². The first-order chi connectivity index (χ1) is 8.74. The number of aliphatic carboxylic acids is 1. The molecule has 1 unspecified atom stereocenters. The van der Waals surface area contributed by atoms with Crippen LogP contribution in [0, 0.1) is 0 Å². The first kappa shape index (κ1) is 16.6. The Bertz CT molecular complexity index is 575. The Morgan fingerprint density at radius 2 is 2.00 bits per heavy atom. The van der Waals surface area contributed by atoms with Gasteiger partial charge in [0.25, 0.3) is 0 Å². The summed E-state index contributed by atoms with van der Waals surface area (Å²) in [6.45, 7) is -0.172. The molecule has 0 saturated carbocycles. The molecular formula is C10H11Br2NO5S. The molecular weight excluding hydrogens is 406 g/mol. The predicted molar refractivity (Wildman–Crippen MR) is 75.3 cm³/mol. The summed E-state index contributed by atoms with van der Waals surface area (Å²) in [7, 11) is -3.77. The van der Waals surface area contributed by atoms with E-state index >= 15 is 0 Å². The molecule has 0 radical (unpaired) electrons. The van der Waals surface area contributed by atoms with Gasteiger partial charge >= 0.3 is 5.97 Å². The first-order valence-electron chi connectivity index (χ1n) is 5.09. The number of hydrogen-bond acceptors (Lipinski definition) is 4. The van der Waals surface area contributed by atoms with Gasteiger partial charge < -0.3 is 10.2 Å². The van der Waals surface area contributed by atoms with Gasteiger partial charge in [-0.25, -0.2) is 17.9 Å². The summed E-state index contributed by atoms with van der Waals surface area (Å²) in [6, 6.07) is 4.67. The van der Waals surface area contributed by atoms with Crippen LogP contribution in [0.4, 0.5) is 0 Å². The summed E-state index contributed by atoms with van der Waals surface area (Å²) >= 11 is 6.30. The van der Waals surface area contributed by atoms with Crippen molar-refractivity contribution in [3.8, 4) is 0 Å². The van der Waals surface area contributed by atoms with Crippen molar-refractivity contribution in [1.82, 2.24) is 4.72 Å². The van der Waals surface area contributed by atoms with Crippen molar-refractivity contribution in [2.24, 2.45) is 0 Å². The number of carboxylic acid groups (broad SMARTS) is 1. The number of benzene rings is 1. The Morgan fingerprint density at radius 1 is 1.37 bits per heavy atom. The van der Waals surface area contributed by atoms with Crippen molar-refractivity contribution in [2.45, 2.75) is 17.4 Å². The van der Waals surface area contributed by atoms with Crippen LogP contribution in [0.2, 0.25) is 0 Å². The number of nitrogens with one attached hydrogen (secondary N) is 1. The Kier molecular flexibility index (Phi) is 5.93. The molecule has 0 spiro atoms. The second-order valence-electron chi connectivity index (χ2n) is 3.62. The lowest BCUT2D eigenvalue weighted by molar-refractivity contribution is -0.146. The fraction of sp³-hybridized carbons (Fsp3) is 0.300. The summed E-state index contributed by atoms with van der Waals surface area (Å²) in [5.74, 6) is -1.39. The molecule has 0 aliphatic heterocycles. The number of aliphatic hydroxyl groups excluding tert-OH is 1. The van der Waals surface area contributed by atoms with E-state index in [-0.39, 0.29) is 17.9 Å². The molecule has 1 atom stereocenters. The maximum atomic E-state index is 12.0. The van der Waals surface area contributed by atoms with Gasteiger partial charge in [0.2, 0.25) is 10.0 Å². The lowest BCUT2D eigenvalue weighted by Crippen LogP contribution is -2.30. The summed E-state index contributed by atoms with van der Waals surface area (Å²) < 4.78 is 27.1. The highest BCUT2D eigenvalue weighted by Gasteiger charge is 2.19. The molecule has 1 aromatic rings. The molecule has 0 aromatic heterocycles. The molecule has 0 aliphatic carbocycles. The average molecular weight is 417 g/mol. The van der Waals surface area contributed by atoms with Crippen molar-refractivity contribution >= 4 is 47.9 Å². The van der Waals surface area contributed by atoms with Crippen LogP contribution in [0.5, 0.6) is 0 Å². The fourth-order valence-electron chi connectivity index (χ4n) is 1.21. The topological polar surface area (TPSA) is 104 Å². The standard InChI is InChI=1S/C10H11Br2NO5S/c11-6-1-2-7(12)9(5-6)19(17,18)13-4-3-8(14)10(15)16/h1-2,5,8,13-14H,3-4H2,(H,15,16).